The minimum absolute atomic E-state index is 0.0223. The highest BCUT2D eigenvalue weighted by atomic mass is 16.5. The van der Waals surface area contributed by atoms with E-state index in [0.717, 1.165) is 5.69 Å². The lowest BCUT2D eigenvalue weighted by atomic mass is 10.2. The van der Waals surface area contributed by atoms with Crippen molar-refractivity contribution in [1.82, 2.24) is 15.5 Å². The van der Waals surface area contributed by atoms with Crippen molar-refractivity contribution in [3.63, 3.8) is 0 Å². The van der Waals surface area contributed by atoms with Gasteiger partial charge in [0, 0.05) is 38.2 Å². The lowest BCUT2D eigenvalue weighted by Gasteiger charge is -2.27. The fraction of sp³-hybridized carbons (Fsp3) is 0.350. The summed E-state index contributed by atoms with van der Waals surface area (Å²) in [5.41, 5.74) is 1.13. The molecule has 0 bridgehead atoms. The molecular weight excluding hydrogens is 344 g/mol. The first-order valence-corrected chi connectivity index (χ1v) is 9.04. The molecule has 1 aromatic carbocycles. The fourth-order valence-corrected chi connectivity index (χ4v) is 2.67. The van der Waals surface area contributed by atoms with Gasteiger partial charge in [-0.25, -0.2) is 0 Å². The molecule has 0 aliphatic rings. The van der Waals surface area contributed by atoms with Crippen LogP contribution in [0.15, 0.2) is 57.7 Å². The van der Waals surface area contributed by atoms with Crippen molar-refractivity contribution in [2.24, 2.45) is 0 Å². The van der Waals surface area contributed by atoms with Gasteiger partial charge in [-0.15, -0.1) is 0 Å². The number of likely N-dealkylation sites (N-methyl/N-ethyl adjacent to an activating group) is 1. The third-order valence-corrected chi connectivity index (χ3v) is 4.42. The van der Waals surface area contributed by atoms with Gasteiger partial charge < -0.3 is 19.2 Å². The van der Waals surface area contributed by atoms with Crippen molar-refractivity contribution < 1.29 is 13.7 Å². The number of rotatable bonds is 9. The zero-order valence-corrected chi connectivity index (χ0v) is 15.6. The first-order valence-electron chi connectivity index (χ1n) is 9.04. The van der Waals surface area contributed by atoms with Crippen molar-refractivity contribution in [2.75, 3.05) is 18.5 Å². The van der Waals surface area contributed by atoms with Crippen LogP contribution in [0.3, 0.4) is 0 Å². The molecule has 1 N–H and O–H groups in total. The maximum absolute atomic E-state index is 12.1. The van der Waals surface area contributed by atoms with Crippen molar-refractivity contribution in [2.45, 2.75) is 32.2 Å². The summed E-state index contributed by atoms with van der Waals surface area (Å²) >= 11 is 0. The maximum atomic E-state index is 12.1. The highest BCUT2D eigenvalue weighted by Crippen LogP contribution is 2.16. The van der Waals surface area contributed by atoms with E-state index in [0.29, 0.717) is 43.3 Å². The van der Waals surface area contributed by atoms with E-state index in [-0.39, 0.29) is 11.9 Å². The number of nitrogens with one attached hydrogen (secondary N) is 1. The van der Waals surface area contributed by atoms with Crippen molar-refractivity contribution in [3.8, 4) is 11.6 Å². The maximum Gasteiger partial charge on any atom is 0.238 e. The average molecular weight is 368 g/mol. The van der Waals surface area contributed by atoms with Crippen LogP contribution < -0.4 is 10.2 Å². The Morgan fingerprint density at radius 1 is 1.22 bits per heavy atom. The third kappa shape index (κ3) is 5.20. The van der Waals surface area contributed by atoms with E-state index < -0.39 is 0 Å². The molecule has 1 atom stereocenters. The third-order valence-electron chi connectivity index (χ3n) is 4.42. The number of para-hydroxylation sites is 1. The molecule has 0 saturated carbocycles. The van der Waals surface area contributed by atoms with Gasteiger partial charge in [0.1, 0.15) is 0 Å². The first kappa shape index (κ1) is 18.7. The molecule has 0 spiro atoms. The summed E-state index contributed by atoms with van der Waals surface area (Å²) in [4.78, 5) is 18.5. The fourth-order valence-electron chi connectivity index (χ4n) is 2.67. The predicted molar refractivity (Wildman–Crippen MR) is 102 cm³/mol. The van der Waals surface area contributed by atoms with Gasteiger partial charge in [0.2, 0.25) is 17.6 Å². The molecule has 142 valence electrons. The molecule has 3 aromatic rings. The molecule has 7 heteroatoms. The number of furan rings is 1. The number of carbonyl (C=O) groups is 1. The van der Waals surface area contributed by atoms with Crippen LogP contribution in [0.2, 0.25) is 0 Å². The Labute approximate surface area is 158 Å². The highest BCUT2D eigenvalue weighted by Gasteiger charge is 2.13. The molecule has 0 fully saturated rings. The van der Waals surface area contributed by atoms with Crippen LogP contribution in [-0.4, -0.2) is 35.7 Å². The number of carbonyl (C=O) groups excluding carboxylic acids is 1. The molecule has 1 amide bonds. The Morgan fingerprint density at radius 3 is 2.78 bits per heavy atom. The first-order chi connectivity index (χ1) is 13.1. The van der Waals surface area contributed by atoms with E-state index in [1.165, 1.54) is 0 Å². The van der Waals surface area contributed by atoms with Crippen LogP contribution in [0.25, 0.3) is 11.6 Å². The summed E-state index contributed by atoms with van der Waals surface area (Å²) < 4.78 is 10.4. The van der Waals surface area contributed by atoms with Gasteiger partial charge in [0.25, 0.3) is 0 Å². The van der Waals surface area contributed by atoms with Gasteiger partial charge in [-0.3, -0.25) is 4.79 Å². The Morgan fingerprint density at radius 2 is 2.04 bits per heavy atom. The second-order valence-corrected chi connectivity index (χ2v) is 6.44. The highest BCUT2D eigenvalue weighted by molar-refractivity contribution is 5.75. The second-order valence-electron chi connectivity index (χ2n) is 6.44. The van der Waals surface area contributed by atoms with E-state index in [1.54, 1.807) is 18.4 Å². The number of nitrogens with zero attached hydrogens (tertiary/aromatic N) is 3. The monoisotopic (exact) mass is 368 g/mol. The van der Waals surface area contributed by atoms with Gasteiger partial charge in [-0.05, 0) is 37.6 Å². The van der Waals surface area contributed by atoms with E-state index >= 15 is 0 Å². The normalized spacial score (nSPS) is 11.9. The largest absolute Gasteiger partial charge is 0.461 e. The van der Waals surface area contributed by atoms with Crippen LogP contribution in [0.5, 0.6) is 0 Å². The molecule has 0 aliphatic carbocycles. The molecule has 3 rings (SSSR count). The summed E-state index contributed by atoms with van der Waals surface area (Å²) in [6.07, 6.45) is 3.18. The summed E-state index contributed by atoms with van der Waals surface area (Å²) in [5, 5.41) is 6.86. The van der Waals surface area contributed by atoms with Crippen molar-refractivity contribution in [1.29, 1.82) is 0 Å². The summed E-state index contributed by atoms with van der Waals surface area (Å²) in [7, 11) is 2.03. The topological polar surface area (TPSA) is 84.4 Å². The van der Waals surface area contributed by atoms with Crippen LogP contribution in [0, 0.1) is 0 Å². The van der Waals surface area contributed by atoms with Crippen LogP contribution in [0.1, 0.15) is 25.7 Å². The molecular formula is C20H24N4O3. The molecule has 2 aromatic heterocycles. The average Bonchev–Trinajstić information content (AvgIpc) is 3.38. The summed E-state index contributed by atoms with van der Waals surface area (Å²) in [6.45, 7) is 2.68. The number of anilines is 1. The molecule has 1 unspecified atom stereocenters. The zero-order chi connectivity index (χ0) is 19.1. The van der Waals surface area contributed by atoms with Crippen LogP contribution in [-0.2, 0) is 11.2 Å². The molecule has 2 heterocycles. The number of hydrogen-bond acceptors (Lipinski definition) is 6. The van der Waals surface area contributed by atoms with Crippen LogP contribution in [0.4, 0.5) is 5.69 Å². The Balaban J connectivity index is 1.37. The lowest BCUT2D eigenvalue weighted by molar-refractivity contribution is -0.121. The lowest BCUT2D eigenvalue weighted by Crippen LogP contribution is -2.40. The predicted octanol–water partition coefficient (Wildman–Crippen LogP) is 3.29. The Bertz CT molecular complexity index is 830. The summed E-state index contributed by atoms with van der Waals surface area (Å²) in [5.74, 6) is 1.52. The number of benzene rings is 1. The molecule has 0 aliphatic heterocycles. The minimum atomic E-state index is 0.0223. The Hall–Kier alpha value is -3.09. The van der Waals surface area contributed by atoms with Crippen molar-refractivity contribution in [3.05, 3.63) is 54.6 Å². The van der Waals surface area contributed by atoms with Gasteiger partial charge >= 0.3 is 0 Å². The van der Waals surface area contributed by atoms with Crippen molar-refractivity contribution >= 4 is 11.6 Å². The zero-order valence-electron chi connectivity index (χ0n) is 15.6. The summed E-state index contributed by atoms with van der Waals surface area (Å²) in [6, 6.07) is 13.9. The van der Waals surface area contributed by atoms with Gasteiger partial charge in [0.05, 0.1) is 6.26 Å². The van der Waals surface area contributed by atoms with Gasteiger partial charge in [0.15, 0.2) is 5.76 Å². The molecule has 7 nitrogen and oxygen atoms in total. The van der Waals surface area contributed by atoms with E-state index in [4.69, 9.17) is 8.94 Å². The van der Waals surface area contributed by atoms with Crippen LogP contribution >= 0.6 is 0 Å². The van der Waals surface area contributed by atoms with E-state index in [9.17, 15) is 4.79 Å². The van der Waals surface area contributed by atoms with E-state index in [2.05, 4.69) is 39.4 Å². The number of aryl methyl sites for hydroxylation is 1. The van der Waals surface area contributed by atoms with Gasteiger partial charge in [-0.1, -0.05) is 23.4 Å². The number of amides is 1. The quantitative estimate of drug-likeness (QED) is 0.624. The number of hydrogen-bond donors (Lipinski definition) is 1. The van der Waals surface area contributed by atoms with Gasteiger partial charge in [-0.2, -0.15) is 4.98 Å². The standard InChI is InChI=1S/C20H24N4O3/c1-15(24(2)16-8-4-3-5-9-16)14-21-18(25)11-6-12-19-22-20(23-27-19)17-10-7-13-26-17/h3-5,7-10,13,15H,6,11-12,14H2,1-2H3,(H,21,25). The SMILES string of the molecule is CC(CNC(=O)CCCc1nc(-c2ccco2)no1)N(C)c1ccccc1. The number of aromatic nitrogens is 2. The molecule has 27 heavy (non-hydrogen) atoms. The smallest absolute Gasteiger partial charge is 0.238 e. The molecule has 0 saturated heterocycles. The molecule has 0 radical (unpaired) electrons. The van der Waals surface area contributed by atoms with E-state index in [1.807, 2.05) is 25.2 Å². The Kier molecular flexibility index (Phi) is 6.25. The second kappa shape index (κ2) is 9.02. The minimum Gasteiger partial charge on any atom is -0.461 e.